The third kappa shape index (κ3) is 7.12. The van der Waals surface area contributed by atoms with Crippen molar-refractivity contribution in [2.24, 2.45) is 5.73 Å². The van der Waals surface area contributed by atoms with Crippen LogP contribution in [0.5, 0.6) is 17.2 Å². The molecule has 1 aromatic heterocycles. The molecule has 3 aromatic rings. The number of benzene rings is 2. The number of nitrogens with two attached hydrogens (primary N) is 1. The number of hydrogen-bond acceptors (Lipinski definition) is 6. The lowest BCUT2D eigenvalue weighted by Gasteiger charge is -2.27. The molecule has 7 nitrogen and oxygen atoms in total. The summed E-state index contributed by atoms with van der Waals surface area (Å²) in [6.45, 7) is 0.0317. The maximum Gasteiger partial charge on any atom is 0.414 e. The number of methoxy groups -OCH3 is 1. The number of nitrogens with one attached hydrogen (secondary N) is 1. The number of aromatic nitrogens is 1. The number of carbonyl (C=O) groups is 1. The van der Waals surface area contributed by atoms with E-state index in [2.05, 4.69) is 4.98 Å². The summed E-state index contributed by atoms with van der Waals surface area (Å²) in [5.74, 6) is -1.80. The van der Waals surface area contributed by atoms with Gasteiger partial charge in [0.1, 0.15) is 24.0 Å². The van der Waals surface area contributed by atoms with Gasteiger partial charge in [-0.3, -0.25) is 4.79 Å². The smallest absolute Gasteiger partial charge is 0.414 e. The van der Waals surface area contributed by atoms with Crippen LogP contribution in [0.4, 0.5) is 30.7 Å². The molecular weight excluding hydrogens is 587 g/mol. The first-order chi connectivity index (χ1) is 20.2. The molecule has 232 valence electrons. The summed E-state index contributed by atoms with van der Waals surface area (Å²) in [5.41, 5.74) is 1.80. The highest BCUT2D eigenvalue weighted by atomic mass is 19.4. The Bertz CT molecular complexity index is 1440. The summed E-state index contributed by atoms with van der Waals surface area (Å²) < 4.78 is 111. The van der Waals surface area contributed by atoms with Crippen LogP contribution in [-0.4, -0.2) is 50.1 Å². The Hall–Kier alpha value is -4.07. The summed E-state index contributed by atoms with van der Waals surface area (Å²) in [5, 5.41) is 1.86. The second-order valence-electron chi connectivity index (χ2n) is 10.1. The lowest BCUT2D eigenvalue weighted by Crippen LogP contribution is -2.51. The molecule has 1 aliphatic carbocycles. The number of alkyl halides is 6. The van der Waals surface area contributed by atoms with Crippen molar-refractivity contribution in [1.29, 1.82) is 0 Å². The number of halogens is 7. The van der Waals surface area contributed by atoms with Crippen molar-refractivity contribution in [3.8, 4) is 28.5 Å². The molecule has 0 bridgehead atoms. The zero-order chi connectivity index (χ0) is 31.6. The number of nitrogens with zero attached hydrogens (tertiary/aromatic N) is 1. The molecule has 1 saturated carbocycles. The molecule has 2 aliphatic rings. The Kier molecular flexibility index (Phi) is 9.09. The Morgan fingerprint density at radius 1 is 1.09 bits per heavy atom. The second kappa shape index (κ2) is 12.3. The van der Waals surface area contributed by atoms with E-state index in [4.69, 9.17) is 19.9 Å². The van der Waals surface area contributed by atoms with Crippen molar-refractivity contribution >= 4 is 6.41 Å². The number of pyridine rings is 1. The lowest BCUT2D eigenvalue weighted by atomic mass is 9.89. The summed E-state index contributed by atoms with van der Waals surface area (Å²) >= 11 is 0. The molecule has 1 unspecified atom stereocenters. The molecule has 0 radical (unpaired) electrons. The van der Waals surface area contributed by atoms with Crippen molar-refractivity contribution in [1.82, 2.24) is 10.3 Å². The highest BCUT2D eigenvalue weighted by molar-refractivity contribution is 5.71. The summed E-state index contributed by atoms with van der Waals surface area (Å²) in [6.07, 6.45) is -7.16. The molecule has 0 saturated heterocycles. The number of amides is 1. The third-order valence-electron chi connectivity index (χ3n) is 6.84. The van der Waals surface area contributed by atoms with E-state index in [1.54, 1.807) is 7.11 Å². The molecule has 2 aromatic carbocycles. The number of hydrogen-bond donors (Lipinski definition) is 2. The first-order valence-electron chi connectivity index (χ1n) is 13.0. The molecule has 14 heteroatoms. The zero-order valence-corrected chi connectivity index (χ0v) is 23.0. The maximum absolute atomic E-state index is 13.6. The maximum atomic E-state index is 13.6. The van der Waals surface area contributed by atoms with Gasteiger partial charge >= 0.3 is 12.4 Å². The molecule has 43 heavy (non-hydrogen) atoms. The second-order valence-corrected chi connectivity index (χ2v) is 10.1. The Morgan fingerprint density at radius 3 is 2.33 bits per heavy atom. The average molecular weight is 616 g/mol. The van der Waals surface area contributed by atoms with Crippen LogP contribution in [0.25, 0.3) is 11.3 Å². The predicted octanol–water partition coefficient (Wildman–Crippen LogP) is 5.93. The molecule has 0 spiro atoms. The van der Waals surface area contributed by atoms with Gasteiger partial charge in [0.15, 0.2) is 22.8 Å². The standard InChI is InChI=1S/C18H14F7N3O2.C11H14O2/c19-10-3-1-9(2-4-10)14-15-11(16(26,7-30-15)18(23,24)25)5-13(28-14)12(6-27-8-29)17(20,21)22;1-8-3-6-10(11(7-8)12-2)13-9-4-5-9/h1-5,8,12H,6-7,26H2,(H,27,29);3,6-7,9H,4-5H2,1-2H3/t12?,16-;/m0./s1. The minimum absolute atomic E-state index is 0.0268. The number of ether oxygens (including phenoxy) is 3. The van der Waals surface area contributed by atoms with Gasteiger partial charge in [0, 0.05) is 17.7 Å². The van der Waals surface area contributed by atoms with Crippen LogP contribution in [-0.2, 0) is 10.3 Å². The first kappa shape index (κ1) is 31.9. The van der Waals surface area contributed by atoms with E-state index in [9.17, 15) is 35.5 Å². The fourth-order valence-corrected chi connectivity index (χ4v) is 4.30. The van der Waals surface area contributed by atoms with Gasteiger partial charge in [-0.1, -0.05) is 6.07 Å². The quantitative estimate of drug-likeness (QED) is 0.241. The van der Waals surface area contributed by atoms with E-state index in [-0.39, 0.29) is 17.7 Å². The molecule has 5 rings (SSSR count). The number of rotatable bonds is 8. The van der Waals surface area contributed by atoms with Crippen LogP contribution in [0.2, 0.25) is 0 Å². The molecule has 1 aliphatic heterocycles. The van der Waals surface area contributed by atoms with Gasteiger partial charge in [0.05, 0.1) is 18.9 Å². The monoisotopic (exact) mass is 615 g/mol. The van der Waals surface area contributed by atoms with Crippen LogP contribution < -0.4 is 25.3 Å². The van der Waals surface area contributed by atoms with E-state index < -0.39 is 59.8 Å². The number of carbonyl (C=O) groups excluding carboxylic acids is 1. The number of fused-ring (bicyclic) bond motifs is 1. The van der Waals surface area contributed by atoms with Crippen molar-refractivity contribution in [2.45, 2.75) is 49.7 Å². The number of aryl methyl sites for hydroxylation is 1. The van der Waals surface area contributed by atoms with Crippen LogP contribution in [0.3, 0.4) is 0 Å². The predicted molar refractivity (Wildman–Crippen MR) is 141 cm³/mol. The Morgan fingerprint density at radius 2 is 1.77 bits per heavy atom. The fraction of sp³-hybridized carbons (Fsp3) is 0.379. The van der Waals surface area contributed by atoms with Crippen molar-refractivity contribution in [3.05, 3.63) is 71.2 Å². The van der Waals surface area contributed by atoms with Crippen molar-refractivity contribution in [3.63, 3.8) is 0 Å². The summed E-state index contributed by atoms with van der Waals surface area (Å²) in [6, 6.07) is 10.8. The molecule has 1 fully saturated rings. The summed E-state index contributed by atoms with van der Waals surface area (Å²) in [4.78, 5) is 14.4. The Balaban J connectivity index is 0.000000269. The van der Waals surface area contributed by atoms with Gasteiger partial charge in [-0.15, -0.1) is 0 Å². The molecule has 2 heterocycles. The topological polar surface area (TPSA) is 95.7 Å². The highest BCUT2D eigenvalue weighted by Crippen LogP contribution is 2.50. The largest absolute Gasteiger partial charge is 0.493 e. The van der Waals surface area contributed by atoms with Gasteiger partial charge in [0.2, 0.25) is 6.41 Å². The van der Waals surface area contributed by atoms with Gasteiger partial charge in [-0.2, -0.15) is 26.3 Å². The van der Waals surface area contributed by atoms with Gasteiger partial charge in [0.25, 0.3) is 0 Å². The van der Waals surface area contributed by atoms with E-state index in [0.29, 0.717) is 12.2 Å². The van der Waals surface area contributed by atoms with Crippen LogP contribution in [0, 0.1) is 12.7 Å². The van der Waals surface area contributed by atoms with E-state index in [0.717, 1.165) is 35.8 Å². The van der Waals surface area contributed by atoms with Gasteiger partial charge < -0.3 is 25.3 Å². The fourth-order valence-electron chi connectivity index (χ4n) is 4.30. The van der Waals surface area contributed by atoms with Crippen LogP contribution >= 0.6 is 0 Å². The van der Waals surface area contributed by atoms with Crippen LogP contribution in [0.1, 0.15) is 35.6 Å². The first-order valence-corrected chi connectivity index (χ1v) is 13.0. The normalized spacial score (nSPS) is 18.5. The van der Waals surface area contributed by atoms with Gasteiger partial charge in [-0.05, 0) is 67.8 Å². The van der Waals surface area contributed by atoms with E-state index in [1.165, 1.54) is 18.4 Å². The minimum Gasteiger partial charge on any atom is -0.493 e. The zero-order valence-electron chi connectivity index (χ0n) is 23.0. The molecule has 1 amide bonds. The average Bonchev–Trinajstić information content (AvgIpc) is 3.69. The van der Waals surface area contributed by atoms with Crippen LogP contribution in [0.15, 0.2) is 48.5 Å². The molecule has 2 atom stereocenters. The molecule has 3 N–H and O–H groups in total. The highest BCUT2D eigenvalue weighted by Gasteiger charge is 2.59. The van der Waals surface area contributed by atoms with Crippen molar-refractivity contribution in [2.75, 3.05) is 20.3 Å². The van der Waals surface area contributed by atoms with Gasteiger partial charge in [-0.25, -0.2) is 9.37 Å². The third-order valence-corrected chi connectivity index (χ3v) is 6.84. The lowest BCUT2D eigenvalue weighted by molar-refractivity contribution is -0.191. The summed E-state index contributed by atoms with van der Waals surface area (Å²) in [7, 11) is 1.68. The SMILES string of the molecule is COc1cc(C)ccc1OC1CC1.N[C@@]1(C(F)(F)F)COc2c1cc(C(CNC=O)C(F)(F)F)nc2-c1ccc(F)cc1. The minimum atomic E-state index is -5.04. The molecular formula is C29H28F7N3O4. The van der Waals surface area contributed by atoms with E-state index >= 15 is 0 Å². The van der Waals surface area contributed by atoms with Crippen molar-refractivity contribution < 1.29 is 49.7 Å². The van der Waals surface area contributed by atoms with E-state index in [1.807, 2.05) is 30.4 Å². The Labute approximate surface area is 242 Å².